The van der Waals surface area contributed by atoms with E-state index in [4.69, 9.17) is 0 Å². The van der Waals surface area contributed by atoms with Crippen molar-refractivity contribution in [3.63, 3.8) is 0 Å². The molecule has 0 saturated carbocycles. The first-order valence-electron chi connectivity index (χ1n) is 8.36. The average molecular weight is 398 g/mol. The van der Waals surface area contributed by atoms with Crippen molar-refractivity contribution in [3.8, 4) is 0 Å². The summed E-state index contributed by atoms with van der Waals surface area (Å²) < 4.78 is 27.9. The molecule has 2 aromatic rings. The van der Waals surface area contributed by atoms with Crippen LogP contribution in [0.4, 0.5) is 14.5 Å². The second-order valence-corrected chi connectivity index (χ2v) is 6.41. The van der Waals surface area contributed by atoms with Crippen LogP contribution in [0.3, 0.4) is 0 Å². The molecule has 1 fully saturated rings. The number of aromatic nitrogens is 2. The number of H-pyrrole nitrogens is 1. The van der Waals surface area contributed by atoms with Crippen molar-refractivity contribution >= 4 is 29.9 Å². The Balaban J connectivity index is 0.00000210. The topological polar surface area (TPSA) is 90.1 Å². The fourth-order valence-corrected chi connectivity index (χ4v) is 3.43. The van der Waals surface area contributed by atoms with Crippen LogP contribution in [-0.4, -0.2) is 41.1 Å². The lowest BCUT2D eigenvalue weighted by molar-refractivity contribution is -0.117. The maximum Gasteiger partial charge on any atom is 0.272 e. The first-order chi connectivity index (χ1) is 12.5. The number of anilines is 1. The highest BCUT2D eigenvalue weighted by Gasteiger charge is 2.35. The van der Waals surface area contributed by atoms with E-state index in [9.17, 15) is 18.4 Å². The molecule has 1 aromatic carbocycles. The van der Waals surface area contributed by atoms with E-state index in [0.29, 0.717) is 6.54 Å². The van der Waals surface area contributed by atoms with E-state index in [0.717, 1.165) is 41.3 Å². The predicted octanol–water partition coefficient (Wildman–Crippen LogP) is 1.29. The second-order valence-electron chi connectivity index (χ2n) is 6.41. The van der Waals surface area contributed by atoms with Gasteiger partial charge < -0.3 is 15.5 Å². The largest absolute Gasteiger partial charge is 0.346 e. The van der Waals surface area contributed by atoms with Crippen LogP contribution in [0.5, 0.6) is 0 Å². The van der Waals surface area contributed by atoms with Crippen molar-refractivity contribution in [2.24, 2.45) is 0 Å². The summed E-state index contributed by atoms with van der Waals surface area (Å²) in [6.45, 7) is 1.37. The molecule has 0 bridgehead atoms. The Morgan fingerprint density at radius 2 is 2.04 bits per heavy atom. The van der Waals surface area contributed by atoms with Crippen molar-refractivity contribution in [2.75, 3.05) is 18.0 Å². The Bertz CT molecular complexity index is 868. The van der Waals surface area contributed by atoms with E-state index in [1.54, 1.807) is 0 Å². The number of para-hydroxylation sites is 1. The lowest BCUT2D eigenvalue weighted by Gasteiger charge is -2.18. The SMILES string of the molecule is Cl.O=C(NC1CC(=O)N(c2c(F)cccc2F)C1)c1n[nH]c2c1CNCC2. The highest BCUT2D eigenvalue weighted by atomic mass is 35.5. The molecule has 0 radical (unpaired) electrons. The smallest absolute Gasteiger partial charge is 0.272 e. The van der Waals surface area contributed by atoms with Gasteiger partial charge in [0, 0.05) is 43.7 Å². The maximum absolute atomic E-state index is 13.9. The molecule has 3 heterocycles. The van der Waals surface area contributed by atoms with E-state index in [1.807, 2.05) is 0 Å². The summed E-state index contributed by atoms with van der Waals surface area (Å²) in [5.41, 5.74) is 1.65. The standard InChI is InChI=1S/C17H17F2N5O2.ClH/c18-11-2-1-3-12(19)16(11)24-8-9(6-14(24)25)21-17(26)15-10-7-20-5-4-13(10)22-23-15;/h1-3,9,20H,4-8H2,(H,21,26)(H,22,23);1H. The van der Waals surface area contributed by atoms with Crippen molar-refractivity contribution in [1.82, 2.24) is 20.8 Å². The average Bonchev–Trinajstić information content (AvgIpc) is 3.19. The number of hydrogen-bond donors (Lipinski definition) is 3. The van der Waals surface area contributed by atoms with Crippen LogP contribution in [0.2, 0.25) is 0 Å². The van der Waals surface area contributed by atoms with Crippen molar-refractivity contribution < 1.29 is 18.4 Å². The minimum absolute atomic E-state index is 0. The van der Waals surface area contributed by atoms with Gasteiger partial charge in [0.15, 0.2) is 5.69 Å². The number of fused-ring (bicyclic) bond motifs is 1. The molecule has 0 spiro atoms. The van der Waals surface area contributed by atoms with Crippen LogP contribution >= 0.6 is 12.4 Å². The van der Waals surface area contributed by atoms with Gasteiger partial charge in [-0.25, -0.2) is 8.78 Å². The molecule has 0 aliphatic carbocycles. The molecule has 1 saturated heterocycles. The third-order valence-electron chi connectivity index (χ3n) is 4.69. The van der Waals surface area contributed by atoms with E-state index in [-0.39, 0.29) is 36.8 Å². The fraction of sp³-hybridized carbons (Fsp3) is 0.353. The normalized spacial score (nSPS) is 18.8. The number of hydrogen-bond acceptors (Lipinski definition) is 4. The van der Waals surface area contributed by atoms with Gasteiger partial charge in [-0.15, -0.1) is 12.4 Å². The molecule has 1 aromatic heterocycles. The molecule has 10 heteroatoms. The molecule has 7 nitrogen and oxygen atoms in total. The molecule has 2 amide bonds. The molecule has 27 heavy (non-hydrogen) atoms. The molecule has 1 atom stereocenters. The summed E-state index contributed by atoms with van der Waals surface area (Å²) in [6.07, 6.45) is 0.738. The third-order valence-corrected chi connectivity index (χ3v) is 4.69. The monoisotopic (exact) mass is 397 g/mol. The molecular weight excluding hydrogens is 380 g/mol. The van der Waals surface area contributed by atoms with E-state index in [1.165, 1.54) is 6.07 Å². The molecule has 2 aliphatic rings. The summed E-state index contributed by atoms with van der Waals surface area (Å²) >= 11 is 0. The predicted molar refractivity (Wildman–Crippen MR) is 95.8 cm³/mol. The number of rotatable bonds is 3. The van der Waals surface area contributed by atoms with Gasteiger partial charge in [-0.05, 0) is 12.1 Å². The first-order valence-corrected chi connectivity index (χ1v) is 8.36. The quantitative estimate of drug-likeness (QED) is 0.728. The number of benzene rings is 1. The minimum atomic E-state index is -0.808. The minimum Gasteiger partial charge on any atom is -0.346 e. The highest BCUT2D eigenvalue weighted by molar-refractivity contribution is 5.99. The zero-order valence-electron chi connectivity index (χ0n) is 14.2. The van der Waals surface area contributed by atoms with Gasteiger partial charge in [0.25, 0.3) is 5.91 Å². The number of amides is 2. The Labute approximate surface area is 159 Å². The van der Waals surface area contributed by atoms with Gasteiger partial charge >= 0.3 is 0 Å². The van der Waals surface area contributed by atoms with Gasteiger partial charge in [-0.2, -0.15) is 5.10 Å². The third kappa shape index (κ3) is 3.52. The summed E-state index contributed by atoms with van der Waals surface area (Å²) in [5, 5.41) is 12.9. The number of carbonyl (C=O) groups excluding carboxylic acids is 2. The summed E-state index contributed by atoms with van der Waals surface area (Å²) in [5.74, 6) is -2.46. The zero-order valence-corrected chi connectivity index (χ0v) is 15.0. The van der Waals surface area contributed by atoms with Crippen LogP contribution in [0.1, 0.15) is 28.2 Å². The summed E-state index contributed by atoms with van der Waals surface area (Å²) in [6, 6.07) is 2.89. The van der Waals surface area contributed by atoms with Gasteiger partial charge in [0.1, 0.15) is 17.3 Å². The zero-order chi connectivity index (χ0) is 18.3. The van der Waals surface area contributed by atoms with Crippen molar-refractivity contribution in [1.29, 1.82) is 0 Å². The molecule has 4 rings (SSSR count). The summed E-state index contributed by atoms with van der Waals surface area (Å²) in [7, 11) is 0. The van der Waals surface area contributed by atoms with Gasteiger partial charge in [0.2, 0.25) is 5.91 Å². The molecule has 2 aliphatic heterocycles. The fourth-order valence-electron chi connectivity index (χ4n) is 3.43. The maximum atomic E-state index is 13.9. The van der Waals surface area contributed by atoms with Crippen LogP contribution in [0, 0.1) is 11.6 Å². The Kier molecular flexibility index (Phi) is 5.43. The highest BCUT2D eigenvalue weighted by Crippen LogP contribution is 2.27. The van der Waals surface area contributed by atoms with E-state index < -0.39 is 29.5 Å². The summed E-state index contributed by atoms with van der Waals surface area (Å²) in [4.78, 5) is 25.8. The number of nitrogens with one attached hydrogen (secondary N) is 3. The number of halogens is 3. The van der Waals surface area contributed by atoms with Gasteiger partial charge in [-0.3, -0.25) is 14.7 Å². The van der Waals surface area contributed by atoms with E-state index in [2.05, 4.69) is 20.8 Å². The molecular formula is C17H18ClF2N5O2. The molecule has 3 N–H and O–H groups in total. The number of aromatic amines is 1. The molecule has 144 valence electrons. The van der Waals surface area contributed by atoms with Crippen molar-refractivity contribution in [3.05, 3.63) is 46.8 Å². The van der Waals surface area contributed by atoms with Crippen LogP contribution < -0.4 is 15.5 Å². The Morgan fingerprint density at radius 1 is 1.30 bits per heavy atom. The number of nitrogens with zero attached hydrogens (tertiary/aromatic N) is 2. The lowest BCUT2D eigenvalue weighted by Crippen LogP contribution is -2.38. The van der Waals surface area contributed by atoms with Gasteiger partial charge in [-0.1, -0.05) is 6.07 Å². The Hall–Kier alpha value is -2.52. The van der Waals surface area contributed by atoms with Gasteiger partial charge in [0.05, 0.1) is 6.04 Å². The number of carbonyl (C=O) groups is 2. The van der Waals surface area contributed by atoms with E-state index >= 15 is 0 Å². The Morgan fingerprint density at radius 3 is 2.78 bits per heavy atom. The van der Waals surface area contributed by atoms with Crippen LogP contribution in [-0.2, 0) is 17.8 Å². The second kappa shape index (κ2) is 7.61. The first kappa shape index (κ1) is 19.2. The van der Waals surface area contributed by atoms with Crippen molar-refractivity contribution in [2.45, 2.75) is 25.4 Å². The lowest BCUT2D eigenvalue weighted by atomic mass is 10.1. The van der Waals surface area contributed by atoms with Crippen LogP contribution in [0.15, 0.2) is 18.2 Å². The molecule has 1 unspecified atom stereocenters. The van der Waals surface area contributed by atoms with Crippen LogP contribution in [0.25, 0.3) is 0 Å².